The maximum Gasteiger partial charge on any atom is 0.488 e. The van der Waals surface area contributed by atoms with Gasteiger partial charge in [-0.05, 0) is 57.8 Å². The van der Waals surface area contributed by atoms with Crippen molar-refractivity contribution in [2.24, 2.45) is 23.7 Å². The minimum atomic E-state index is -1.43. The molecule has 0 bridgehead atoms. The van der Waals surface area contributed by atoms with E-state index in [2.05, 4.69) is 85.0 Å². The summed E-state index contributed by atoms with van der Waals surface area (Å²) in [6.07, 6.45) is 16.5. The third kappa shape index (κ3) is 2.20. The average molecular weight is 378 g/mol. The zero-order chi connectivity index (χ0) is 19.6. The van der Waals surface area contributed by atoms with Crippen molar-refractivity contribution in [2.75, 3.05) is 0 Å². The molecule has 4 unspecified atom stereocenters. The predicted octanol–water partition coefficient (Wildman–Crippen LogP) is 4.46. The molecule has 2 aromatic rings. The van der Waals surface area contributed by atoms with Crippen molar-refractivity contribution in [2.45, 2.75) is 11.8 Å². The first-order valence-electron chi connectivity index (χ1n) is 10.5. The van der Waals surface area contributed by atoms with Crippen LogP contribution in [0.15, 0.2) is 96.5 Å². The number of allylic oxidation sites excluding steroid dienone is 8. The molecule has 0 saturated heterocycles. The van der Waals surface area contributed by atoms with Gasteiger partial charge in [-0.1, -0.05) is 91.1 Å². The summed E-state index contributed by atoms with van der Waals surface area (Å²) in [7, 11) is -1.43. The largest absolute Gasteiger partial charge is 0.488 e. The standard InChI is InChI=1S/C26H23BO2/c28-27(29)19-14-13-18-15-17-7-1-4-10-22(17)26(25(18)16-19)23-11-5-2-8-20(23)21-9-3-6-12-24(21)26/h1-14,16-18,22,25,28-29H,15H2. The summed E-state index contributed by atoms with van der Waals surface area (Å²) in [4.78, 5) is 0. The van der Waals surface area contributed by atoms with E-state index < -0.39 is 7.12 Å². The minimum absolute atomic E-state index is 0.187. The van der Waals surface area contributed by atoms with Crippen LogP contribution < -0.4 is 0 Å². The van der Waals surface area contributed by atoms with E-state index in [-0.39, 0.29) is 11.3 Å². The smallest absolute Gasteiger partial charge is 0.423 e. The number of hydrogen-bond acceptors (Lipinski definition) is 2. The molecular formula is C26H23BO2. The molecule has 4 aliphatic rings. The Kier molecular flexibility index (Phi) is 3.68. The summed E-state index contributed by atoms with van der Waals surface area (Å²) in [6.45, 7) is 0. The lowest BCUT2D eigenvalue weighted by molar-refractivity contribution is 0.128. The molecule has 1 fully saturated rings. The van der Waals surface area contributed by atoms with E-state index in [1.54, 1.807) is 0 Å². The van der Waals surface area contributed by atoms with Gasteiger partial charge >= 0.3 is 7.12 Å². The number of rotatable bonds is 1. The molecule has 29 heavy (non-hydrogen) atoms. The fourth-order valence-electron chi connectivity index (χ4n) is 6.53. The van der Waals surface area contributed by atoms with Gasteiger partial charge in [-0.15, -0.1) is 0 Å². The molecule has 4 aliphatic carbocycles. The molecule has 6 rings (SSSR count). The summed E-state index contributed by atoms with van der Waals surface area (Å²) < 4.78 is 0. The Labute approximate surface area is 171 Å². The Morgan fingerprint density at radius 3 is 2.07 bits per heavy atom. The zero-order valence-electron chi connectivity index (χ0n) is 16.1. The SMILES string of the molecule is OB(O)C1=CC2C(C=C1)CC1C=CC=CC1C21c2ccccc2-c2ccccc21. The van der Waals surface area contributed by atoms with Gasteiger partial charge in [0.2, 0.25) is 0 Å². The van der Waals surface area contributed by atoms with Gasteiger partial charge in [0.15, 0.2) is 0 Å². The minimum Gasteiger partial charge on any atom is -0.423 e. The summed E-state index contributed by atoms with van der Waals surface area (Å²) in [5, 5.41) is 19.9. The first kappa shape index (κ1) is 17.3. The molecular weight excluding hydrogens is 355 g/mol. The van der Waals surface area contributed by atoms with Crippen LogP contribution in [0.3, 0.4) is 0 Å². The monoisotopic (exact) mass is 378 g/mol. The number of benzene rings is 2. The highest BCUT2D eigenvalue weighted by Crippen LogP contribution is 2.64. The molecule has 2 aromatic carbocycles. The molecule has 2 N–H and O–H groups in total. The highest BCUT2D eigenvalue weighted by molar-refractivity contribution is 6.51. The van der Waals surface area contributed by atoms with Crippen LogP contribution in [0.1, 0.15) is 17.5 Å². The average Bonchev–Trinajstić information content (AvgIpc) is 3.05. The van der Waals surface area contributed by atoms with Crippen molar-refractivity contribution in [3.8, 4) is 11.1 Å². The van der Waals surface area contributed by atoms with Crippen molar-refractivity contribution in [1.82, 2.24) is 0 Å². The van der Waals surface area contributed by atoms with Crippen molar-refractivity contribution in [3.05, 3.63) is 108 Å². The Balaban J connectivity index is 1.69. The van der Waals surface area contributed by atoms with E-state index in [9.17, 15) is 10.0 Å². The fourth-order valence-corrected chi connectivity index (χ4v) is 6.53. The molecule has 4 atom stereocenters. The highest BCUT2D eigenvalue weighted by Gasteiger charge is 2.58. The van der Waals surface area contributed by atoms with Crippen LogP contribution >= 0.6 is 0 Å². The zero-order valence-corrected chi connectivity index (χ0v) is 16.1. The summed E-state index contributed by atoms with van der Waals surface area (Å²) in [6, 6.07) is 17.6. The predicted molar refractivity (Wildman–Crippen MR) is 117 cm³/mol. The Morgan fingerprint density at radius 2 is 1.38 bits per heavy atom. The molecule has 0 heterocycles. The van der Waals surface area contributed by atoms with Gasteiger partial charge in [-0.3, -0.25) is 0 Å². The fraction of sp³-hybridized carbons (Fsp3) is 0.231. The third-order valence-corrected chi connectivity index (χ3v) is 7.55. The molecule has 1 saturated carbocycles. The molecule has 0 aromatic heterocycles. The normalized spacial score (nSPS) is 29.7. The van der Waals surface area contributed by atoms with E-state index >= 15 is 0 Å². The first-order chi connectivity index (χ1) is 14.2. The van der Waals surface area contributed by atoms with E-state index in [0.717, 1.165) is 6.42 Å². The van der Waals surface area contributed by atoms with Crippen LogP contribution in [0, 0.1) is 23.7 Å². The molecule has 3 heteroatoms. The molecule has 2 nitrogen and oxygen atoms in total. The van der Waals surface area contributed by atoms with E-state index in [1.165, 1.54) is 22.3 Å². The van der Waals surface area contributed by atoms with Crippen LogP contribution in [0.4, 0.5) is 0 Å². The van der Waals surface area contributed by atoms with Crippen molar-refractivity contribution < 1.29 is 10.0 Å². The lowest BCUT2D eigenvalue weighted by atomic mass is 9.47. The van der Waals surface area contributed by atoms with E-state index in [4.69, 9.17) is 0 Å². The quantitative estimate of drug-likeness (QED) is 0.720. The molecule has 0 amide bonds. The van der Waals surface area contributed by atoms with Gasteiger partial charge in [-0.2, -0.15) is 0 Å². The Morgan fingerprint density at radius 1 is 0.759 bits per heavy atom. The van der Waals surface area contributed by atoms with E-state index in [0.29, 0.717) is 23.2 Å². The highest BCUT2D eigenvalue weighted by atomic mass is 16.4. The van der Waals surface area contributed by atoms with Crippen LogP contribution in [-0.4, -0.2) is 17.2 Å². The summed E-state index contributed by atoms with van der Waals surface area (Å²) in [5.41, 5.74) is 5.81. The second-order valence-corrected chi connectivity index (χ2v) is 8.74. The maximum absolute atomic E-state index is 9.93. The maximum atomic E-state index is 9.93. The van der Waals surface area contributed by atoms with Crippen molar-refractivity contribution in [3.63, 3.8) is 0 Å². The Bertz CT molecular complexity index is 1060. The van der Waals surface area contributed by atoms with Gasteiger partial charge < -0.3 is 10.0 Å². The molecule has 1 spiro atoms. The van der Waals surface area contributed by atoms with E-state index in [1.807, 2.05) is 6.08 Å². The Hall–Kier alpha value is -2.62. The van der Waals surface area contributed by atoms with Gasteiger partial charge in [0.25, 0.3) is 0 Å². The van der Waals surface area contributed by atoms with Gasteiger partial charge in [0.05, 0.1) is 0 Å². The topological polar surface area (TPSA) is 40.5 Å². The first-order valence-corrected chi connectivity index (χ1v) is 10.5. The second-order valence-electron chi connectivity index (χ2n) is 8.74. The summed E-state index contributed by atoms with van der Waals surface area (Å²) >= 11 is 0. The molecule has 0 radical (unpaired) electrons. The lowest BCUT2D eigenvalue weighted by Gasteiger charge is -2.54. The lowest BCUT2D eigenvalue weighted by Crippen LogP contribution is -2.51. The third-order valence-electron chi connectivity index (χ3n) is 7.55. The number of hydrogen-bond donors (Lipinski definition) is 2. The molecule has 0 aliphatic heterocycles. The van der Waals surface area contributed by atoms with Crippen LogP contribution in [-0.2, 0) is 5.41 Å². The van der Waals surface area contributed by atoms with Crippen molar-refractivity contribution >= 4 is 7.12 Å². The van der Waals surface area contributed by atoms with Crippen LogP contribution in [0.2, 0.25) is 0 Å². The van der Waals surface area contributed by atoms with Gasteiger partial charge in [0, 0.05) is 5.41 Å². The second kappa shape index (κ2) is 6.19. The van der Waals surface area contributed by atoms with Gasteiger partial charge in [0.1, 0.15) is 0 Å². The molecule has 142 valence electrons. The number of fused-ring (bicyclic) bond motifs is 9. The summed E-state index contributed by atoms with van der Waals surface area (Å²) in [5.74, 6) is 1.37. The van der Waals surface area contributed by atoms with Gasteiger partial charge in [-0.25, -0.2) is 0 Å². The van der Waals surface area contributed by atoms with Crippen molar-refractivity contribution in [1.29, 1.82) is 0 Å². The van der Waals surface area contributed by atoms with Crippen LogP contribution in [0.5, 0.6) is 0 Å². The van der Waals surface area contributed by atoms with Crippen LogP contribution in [0.25, 0.3) is 11.1 Å².